The van der Waals surface area contributed by atoms with Crippen molar-refractivity contribution in [2.75, 3.05) is 6.61 Å². The van der Waals surface area contributed by atoms with Gasteiger partial charge in [-0.25, -0.2) is 0 Å². The van der Waals surface area contributed by atoms with Gasteiger partial charge in [0.1, 0.15) is 0 Å². The number of aliphatic hydroxyl groups excluding tert-OH is 1. The summed E-state index contributed by atoms with van der Waals surface area (Å²) in [5.74, 6) is 2.63. The number of aliphatic hydroxyl groups is 1. The summed E-state index contributed by atoms with van der Waals surface area (Å²) in [6, 6.07) is 0. The van der Waals surface area contributed by atoms with E-state index in [1.165, 1.54) is 64.2 Å². The molecule has 0 aromatic rings. The van der Waals surface area contributed by atoms with E-state index in [-0.39, 0.29) is 0 Å². The molecule has 0 spiro atoms. The first-order chi connectivity index (χ1) is 11.3. The van der Waals surface area contributed by atoms with Crippen molar-refractivity contribution >= 4 is 0 Å². The van der Waals surface area contributed by atoms with Crippen LogP contribution >= 0.6 is 0 Å². The highest BCUT2D eigenvalue weighted by molar-refractivity contribution is 4.46. The quantitative estimate of drug-likeness (QED) is 0.353. The standard InChI is InChI=1S/C8H18O.C8H18.C7H16/c1-8(2)6-4-3-5-7-9;1-4-5-6-7-8(2)3;1-4-5-6-7(2)3/h8-9H,3-7H2,1-2H3;8H,4-7H2,1-3H3;7H,4-6H2,1-3H3. The molecule has 0 bridgehead atoms. The zero-order valence-corrected chi connectivity index (χ0v) is 18.7. The number of unbranched alkanes of at least 4 members (excludes halogenated alkanes) is 5. The van der Waals surface area contributed by atoms with Gasteiger partial charge in [0.25, 0.3) is 0 Å². The van der Waals surface area contributed by atoms with Crippen molar-refractivity contribution in [1.82, 2.24) is 0 Å². The summed E-state index contributed by atoms with van der Waals surface area (Å²) in [7, 11) is 0. The molecule has 1 N–H and O–H groups in total. The molecule has 0 atom stereocenters. The fourth-order valence-electron chi connectivity index (χ4n) is 2.26. The lowest BCUT2D eigenvalue weighted by Crippen LogP contribution is -1.88. The van der Waals surface area contributed by atoms with E-state index in [0.717, 1.165) is 24.2 Å². The minimum atomic E-state index is 0.359. The Labute approximate surface area is 156 Å². The largest absolute Gasteiger partial charge is 0.396 e. The van der Waals surface area contributed by atoms with Crippen LogP contribution in [0, 0.1) is 17.8 Å². The highest BCUT2D eigenvalue weighted by Crippen LogP contribution is 2.07. The van der Waals surface area contributed by atoms with Crippen LogP contribution in [0.3, 0.4) is 0 Å². The van der Waals surface area contributed by atoms with Gasteiger partial charge < -0.3 is 5.11 Å². The topological polar surface area (TPSA) is 20.2 Å². The van der Waals surface area contributed by atoms with Gasteiger partial charge in [0.05, 0.1) is 0 Å². The normalized spacial score (nSPS) is 10.5. The van der Waals surface area contributed by atoms with Crippen molar-refractivity contribution in [3.05, 3.63) is 0 Å². The van der Waals surface area contributed by atoms with Crippen molar-refractivity contribution in [3.8, 4) is 0 Å². The van der Waals surface area contributed by atoms with Crippen molar-refractivity contribution in [2.45, 2.75) is 126 Å². The van der Waals surface area contributed by atoms with Gasteiger partial charge in [0.2, 0.25) is 0 Å². The third-order valence-electron chi connectivity index (χ3n) is 3.96. The monoisotopic (exact) mass is 344 g/mol. The smallest absolute Gasteiger partial charge is 0.0431 e. The van der Waals surface area contributed by atoms with Gasteiger partial charge in [-0.3, -0.25) is 0 Å². The third-order valence-corrected chi connectivity index (χ3v) is 3.96. The average molecular weight is 345 g/mol. The van der Waals surface area contributed by atoms with E-state index in [0.29, 0.717) is 6.61 Å². The molecule has 0 fully saturated rings. The van der Waals surface area contributed by atoms with Crippen LogP contribution in [-0.4, -0.2) is 11.7 Å². The van der Waals surface area contributed by atoms with Gasteiger partial charge in [0.15, 0.2) is 0 Å². The predicted octanol–water partition coefficient (Wildman–Crippen LogP) is 8.25. The molecule has 0 aromatic carbocycles. The van der Waals surface area contributed by atoms with Crippen LogP contribution in [0.5, 0.6) is 0 Å². The van der Waals surface area contributed by atoms with E-state index in [9.17, 15) is 0 Å². The Morgan fingerprint density at radius 2 is 0.875 bits per heavy atom. The van der Waals surface area contributed by atoms with E-state index in [1.807, 2.05) is 0 Å². The maximum atomic E-state index is 8.43. The summed E-state index contributed by atoms with van der Waals surface area (Å²) in [5.41, 5.74) is 0. The van der Waals surface area contributed by atoms with Crippen LogP contribution in [0.4, 0.5) is 0 Å². The molecule has 0 amide bonds. The summed E-state index contributed by atoms with van der Waals surface area (Å²) < 4.78 is 0. The zero-order chi connectivity index (χ0) is 19.2. The molecule has 0 rings (SSSR count). The summed E-state index contributed by atoms with van der Waals surface area (Å²) in [6.45, 7) is 18.4. The number of hydrogen-bond acceptors (Lipinski definition) is 1. The highest BCUT2D eigenvalue weighted by atomic mass is 16.2. The fourth-order valence-corrected chi connectivity index (χ4v) is 2.26. The lowest BCUT2D eigenvalue weighted by molar-refractivity contribution is 0.281. The van der Waals surface area contributed by atoms with Crippen LogP contribution in [0.15, 0.2) is 0 Å². The van der Waals surface area contributed by atoms with Crippen LogP contribution < -0.4 is 0 Å². The highest BCUT2D eigenvalue weighted by Gasteiger charge is 1.92. The molecule has 0 heterocycles. The van der Waals surface area contributed by atoms with Crippen LogP contribution in [-0.2, 0) is 0 Å². The molecule has 0 aliphatic rings. The SMILES string of the molecule is CC(C)CCCCCO.CCCCC(C)C.CCCCCC(C)C. The second-order valence-electron chi connectivity index (χ2n) is 8.39. The van der Waals surface area contributed by atoms with Crippen molar-refractivity contribution in [1.29, 1.82) is 0 Å². The van der Waals surface area contributed by atoms with E-state index in [4.69, 9.17) is 5.11 Å². The van der Waals surface area contributed by atoms with Crippen molar-refractivity contribution < 1.29 is 5.11 Å². The summed E-state index contributed by atoms with van der Waals surface area (Å²) >= 11 is 0. The predicted molar refractivity (Wildman–Crippen MR) is 114 cm³/mol. The van der Waals surface area contributed by atoms with Crippen molar-refractivity contribution in [3.63, 3.8) is 0 Å². The van der Waals surface area contributed by atoms with E-state index < -0.39 is 0 Å². The first-order valence-electron chi connectivity index (χ1n) is 10.9. The molecule has 0 aliphatic carbocycles. The Morgan fingerprint density at radius 1 is 0.500 bits per heavy atom. The van der Waals surface area contributed by atoms with Gasteiger partial charge >= 0.3 is 0 Å². The summed E-state index contributed by atoms with van der Waals surface area (Å²) in [6.07, 6.45) is 14.5. The maximum Gasteiger partial charge on any atom is 0.0431 e. The Bertz CT molecular complexity index is 184. The first kappa shape index (κ1) is 28.8. The van der Waals surface area contributed by atoms with Gasteiger partial charge in [-0.15, -0.1) is 0 Å². The van der Waals surface area contributed by atoms with Crippen LogP contribution in [0.2, 0.25) is 0 Å². The maximum absolute atomic E-state index is 8.43. The molecule has 24 heavy (non-hydrogen) atoms. The molecular weight excluding hydrogens is 292 g/mol. The first-order valence-corrected chi connectivity index (χ1v) is 10.9. The Morgan fingerprint density at radius 3 is 1.17 bits per heavy atom. The number of rotatable bonds is 12. The second kappa shape index (κ2) is 25.2. The summed E-state index contributed by atoms with van der Waals surface area (Å²) in [5, 5.41) is 8.43. The second-order valence-corrected chi connectivity index (χ2v) is 8.39. The average Bonchev–Trinajstić information content (AvgIpc) is 2.50. The Kier molecular flexibility index (Phi) is 30.2. The van der Waals surface area contributed by atoms with Gasteiger partial charge in [-0.2, -0.15) is 0 Å². The Hall–Kier alpha value is -0.0400. The summed E-state index contributed by atoms with van der Waals surface area (Å²) in [4.78, 5) is 0. The molecule has 1 heteroatoms. The zero-order valence-electron chi connectivity index (χ0n) is 18.7. The minimum Gasteiger partial charge on any atom is -0.396 e. The van der Waals surface area contributed by atoms with E-state index >= 15 is 0 Å². The number of hydrogen-bond donors (Lipinski definition) is 1. The molecule has 0 saturated heterocycles. The fraction of sp³-hybridized carbons (Fsp3) is 1.00. The van der Waals surface area contributed by atoms with Gasteiger partial charge in [-0.05, 0) is 24.2 Å². The lowest BCUT2D eigenvalue weighted by atomic mass is 10.1. The molecular formula is C23H52O. The van der Waals surface area contributed by atoms with Crippen LogP contribution in [0.25, 0.3) is 0 Å². The minimum absolute atomic E-state index is 0.359. The molecule has 150 valence electrons. The lowest BCUT2D eigenvalue weighted by Gasteiger charge is -2.01. The van der Waals surface area contributed by atoms with Crippen molar-refractivity contribution in [2.24, 2.45) is 17.8 Å². The molecule has 0 unspecified atom stereocenters. The van der Waals surface area contributed by atoms with E-state index in [1.54, 1.807) is 0 Å². The van der Waals surface area contributed by atoms with E-state index in [2.05, 4.69) is 55.4 Å². The third kappa shape index (κ3) is 43.1. The molecule has 0 aliphatic heterocycles. The molecule has 0 saturated carbocycles. The molecule has 0 radical (unpaired) electrons. The molecule has 0 aromatic heterocycles. The van der Waals surface area contributed by atoms with Gasteiger partial charge in [0, 0.05) is 6.61 Å². The van der Waals surface area contributed by atoms with Gasteiger partial charge in [-0.1, -0.05) is 120 Å². The molecule has 1 nitrogen and oxygen atoms in total. The van der Waals surface area contributed by atoms with Crippen LogP contribution in [0.1, 0.15) is 126 Å². The Balaban J connectivity index is -0.000000278.